The fourth-order valence-electron chi connectivity index (χ4n) is 1.75. The lowest BCUT2D eigenvalue weighted by Gasteiger charge is -2.24. The summed E-state index contributed by atoms with van der Waals surface area (Å²) in [6, 6.07) is 8.38. The van der Waals surface area contributed by atoms with Crippen molar-refractivity contribution < 1.29 is 4.79 Å². The Balaban J connectivity index is 2.65. The summed E-state index contributed by atoms with van der Waals surface area (Å²) in [6.45, 7) is 6.39. The highest BCUT2D eigenvalue weighted by atomic mass is 16.2. The van der Waals surface area contributed by atoms with Gasteiger partial charge in [-0.3, -0.25) is 4.79 Å². The lowest BCUT2D eigenvalue weighted by Crippen LogP contribution is -2.35. The Morgan fingerprint density at radius 3 is 2.22 bits per heavy atom. The van der Waals surface area contributed by atoms with Crippen molar-refractivity contribution >= 4 is 5.91 Å². The molecule has 0 saturated heterocycles. The SMILES string of the molecule is CCC(=O)N(CCN(C)C)Cc1ccc(C)cc1. The number of nitrogens with zero attached hydrogens (tertiary/aromatic N) is 2. The lowest BCUT2D eigenvalue weighted by molar-refractivity contribution is -0.131. The number of hydrogen-bond acceptors (Lipinski definition) is 2. The van der Waals surface area contributed by atoms with E-state index in [0.717, 1.165) is 13.1 Å². The molecule has 0 aromatic heterocycles. The molecular weight excluding hydrogens is 224 g/mol. The van der Waals surface area contributed by atoms with E-state index >= 15 is 0 Å². The Labute approximate surface area is 110 Å². The maximum atomic E-state index is 11.9. The van der Waals surface area contributed by atoms with Crippen molar-refractivity contribution in [2.45, 2.75) is 26.8 Å². The van der Waals surface area contributed by atoms with Crippen molar-refractivity contribution in [3.05, 3.63) is 35.4 Å². The molecule has 1 rings (SSSR count). The van der Waals surface area contributed by atoms with Gasteiger partial charge in [0, 0.05) is 26.1 Å². The zero-order chi connectivity index (χ0) is 13.5. The molecule has 3 heteroatoms. The molecule has 1 aromatic carbocycles. The molecule has 3 nitrogen and oxygen atoms in total. The van der Waals surface area contributed by atoms with Crippen molar-refractivity contribution in [1.29, 1.82) is 0 Å². The van der Waals surface area contributed by atoms with Crippen molar-refractivity contribution in [2.75, 3.05) is 27.2 Å². The molecular formula is C15H24N2O. The van der Waals surface area contributed by atoms with E-state index in [0.29, 0.717) is 13.0 Å². The predicted molar refractivity (Wildman–Crippen MR) is 75.4 cm³/mol. The summed E-state index contributed by atoms with van der Waals surface area (Å²) >= 11 is 0. The zero-order valence-corrected chi connectivity index (χ0v) is 11.9. The summed E-state index contributed by atoms with van der Waals surface area (Å²) in [5.74, 6) is 0.220. The Morgan fingerprint density at radius 2 is 1.72 bits per heavy atom. The van der Waals surface area contributed by atoms with Crippen molar-refractivity contribution in [1.82, 2.24) is 9.80 Å². The van der Waals surface area contributed by atoms with Crippen molar-refractivity contribution in [3.63, 3.8) is 0 Å². The van der Waals surface area contributed by atoms with Crippen LogP contribution in [0.4, 0.5) is 0 Å². The number of carbonyl (C=O) groups is 1. The minimum absolute atomic E-state index is 0.220. The van der Waals surface area contributed by atoms with Gasteiger partial charge < -0.3 is 9.80 Å². The standard InChI is InChI=1S/C15H24N2O/c1-5-15(18)17(11-10-16(3)4)12-14-8-6-13(2)7-9-14/h6-9H,5,10-12H2,1-4H3. The molecule has 0 saturated carbocycles. The predicted octanol–water partition coefficient (Wildman–Crippen LogP) is 2.30. The lowest BCUT2D eigenvalue weighted by atomic mass is 10.1. The molecule has 0 atom stereocenters. The maximum Gasteiger partial charge on any atom is 0.222 e. The number of hydrogen-bond donors (Lipinski definition) is 0. The van der Waals surface area contributed by atoms with Crippen LogP contribution < -0.4 is 0 Å². The van der Waals surface area contributed by atoms with Gasteiger partial charge >= 0.3 is 0 Å². The fourth-order valence-corrected chi connectivity index (χ4v) is 1.75. The molecule has 0 spiro atoms. The van der Waals surface area contributed by atoms with Gasteiger partial charge in [-0.15, -0.1) is 0 Å². The maximum absolute atomic E-state index is 11.9. The number of benzene rings is 1. The van der Waals surface area contributed by atoms with Gasteiger partial charge in [-0.2, -0.15) is 0 Å². The average molecular weight is 248 g/mol. The zero-order valence-electron chi connectivity index (χ0n) is 11.9. The second-order valence-electron chi connectivity index (χ2n) is 4.96. The first-order chi connectivity index (χ1) is 8.52. The minimum Gasteiger partial charge on any atom is -0.337 e. The van der Waals surface area contributed by atoms with E-state index < -0.39 is 0 Å². The van der Waals surface area contributed by atoms with Crippen LogP contribution >= 0.6 is 0 Å². The molecule has 0 aliphatic heterocycles. The van der Waals surface area contributed by atoms with Crippen LogP contribution in [-0.4, -0.2) is 42.9 Å². The first-order valence-corrected chi connectivity index (χ1v) is 6.51. The highest BCUT2D eigenvalue weighted by Gasteiger charge is 2.11. The Hall–Kier alpha value is -1.35. The normalized spacial score (nSPS) is 10.7. The molecule has 18 heavy (non-hydrogen) atoms. The average Bonchev–Trinajstić information content (AvgIpc) is 2.35. The van der Waals surface area contributed by atoms with E-state index in [1.165, 1.54) is 11.1 Å². The largest absolute Gasteiger partial charge is 0.337 e. The molecule has 100 valence electrons. The second kappa shape index (κ2) is 7.17. The second-order valence-corrected chi connectivity index (χ2v) is 4.96. The van der Waals surface area contributed by atoms with Crippen LogP contribution in [0.25, 0.3) is 0 Å². The molecule has 0 fully saturated rings. The number of likely N-dealkylation sites (N-methyl/N-ethyl adjacent to an activating group) is 1. The van der Waals surface area contributed by atoms with Gasteiger partial charge in [0.25, 0.3) is 0 Å². The summed E-state index contributed by atoms with van der Waals surface area (Å²) in [7, 11) is 4.06. The molecule has 0 heterocycles. The van der Waals surface area contributed by atoms with Crippen LogP contribution in [-0.2, 0) is 11.3 Å². The van der Waals surface area contributed by atoms with Gasteiger partial charge in [-0.25, -0.2) is 0 Å². The first kappa shape index (κ1) is 14.7. The summed E-state index contributed by atoms with van der Waals surface area (Å²) < 4.78 is 0. The van der Waals surface area contributed by atoms with E-state index in [4.69, 9.17) is 0 Å². The van der Waals surface area contributed by atoms with Crippen molar-refractivity contribution in [3.8, 4) is 0 Å². The van der Waals surface area contributed by atoms with Gasteiger partial charge in [0.1, 0.15) is 0 Å². The number of carbonyl (C=O) groups excluding carboxylic acids is 1. The van der Waals surface area contributed by atoms with Crippen LogP contribution in [0.2, 0.25) is 0 Å². The highest BCUT2D eigenvalue weighted by Crippen LogP contribution is 2.08. The van der Waals surface area contributed by atoms with Crippen LogP contribution in [0.15, 0.2) is 24.3 Å². The van der Waals surface area contributed by atoms with Gasteiger partial charge in [0.15, 0.2) is 0 Å². The van der Waals surface area contributed by atoms with E-state index in [-0.39, 0.29) is 5.91 Å². The van der Waals surface area contributed by atoms with Crippen LogP contribution in [0.3, 0.4) is 0 Å². The molecule has 1 aromatic rings. The third-order valence-corrected chi connectivity index (χ3v) is 2.97. The Kier molecular flexibility index (Phi) is 5.86. The Bertz CT molecular complexity index is 371. The molecule has 0 N–H and O–H groups in total. The fraction of sp³-hybridized carbons (Fsp3) is 0.533. The quantitative estimate of drug-likeness (QED) is 0.771. The van der Waals surface area contributed by atoms with Crippen LogP contribution in [0, 0.1) is 6.92 Å². The van der Waals surface area contributed by atoms with Gasteiger partial charge in [0.05, 0.1) is 0 Å². The molecule has 1 amide bonds. The topological polar surface area (TPSA) is 23.6 Å². The molecule has 0 bridgehead atoms. The summed E-state index contributed by atoms with van der Waals surface area (Å²) in [4.78, 5) is 15.9. The third-order valence-electron chi connectivity index (χ3n) is 2.97. The highest BCUT2D eigenvalue weighted by molar-refractivity contribution is 5.75. The van der Waals surface area contributed by atoms with Gasteiger partial charge in [-0.05, 0) is 26.6 Å². The van der Waals surface area contributed by atoms with E-state index in [2.05, 4.69) is 36.1 Å². The van der Waals surface area contributed by atoms with Gasteiger partial charge in [-0.1, -0.05) is 36.8 Å². The summed E-state index contributed by atoms with van der Waals surface area (Å²) in [5.41, 5.74) is 2.45. The van der Waals surface area contributed by atoms with Crippen LogP contribution in [0.1, 0.15) is 24.5 Å². The summed E-state index contributed by atoms with van der Waals surface area (Å²) in [6.07, 6.45) is 0.569. The van der Waals surface area contributed by atoms with E-state index in [9.17, 15) is 4.79 Å². The van der Waals surface area contributed by atoms with Crippen molar-refractivity contribution in [2.24, 2.45) is 0 Å². The monoisotopic (exact) mass is 248 g/mol. The van der Waals surface area contributed by atoms with E-state index in [1.54, 1.807) is 0 Å². The minimum atomic E-state index is 0.220. The smallest absolute Gasteiger partial charge is 0.222 e. The summed E-state index contributed by atoms with van der Waals surface area (Å²) in [5, 5.41) is 0. The van der Waals surface area contributed by atoms with Gasteiger partial charge in [0.2, 0.25) is 5.91 Å². The van der Waals surface area contributed by atoms with Crippen LogP contribution in [0.5, 0.6) is 0 Å². The molecule has 0 radical (unpaired) electrons. The first-order valence-electron chi connectivity index (χ1n) is 6.51. The molecule has 0 aliphatic carbocycles. The molecule has 0 aliphatic rings. The number of amides is 1. The molecule has 0 unspecified atom stereocenters. The van der Waals surface area contributed by atoms with E-state index in [1.807, 2.05) is 25.9 Å². The third kappa shape index (κ3) is 4.88. The number of rotatable bonds is 6. The Morgan fingerprint density at radius 1 is 1.11 bits per heavy atom. The number of aryl methyl sites for hydroxylation is 1.